The molecule has 160 valence electrons. The molecule has 1 heterocycles. The second-order valence-corrected chi connectivity index (χ2v) is 8.29. The molecule has 2 N–H and O–H groups in total. The van der Waals surface area contributed by atoms with Crippen molar-refractivity contribution in [1.29, 1.82) is 0 Å². The third-order valence-electron chi connectivity index (χ3n) is 4.36. The number of amides is 2. The maximum atomic E-state index is 12.6. The molecule has 0 radical (unpaired) electrons. The van der Waals surface area contributed by atoms with Crippen LogP contribution in [0.1, 0.15) is 23.7 Å². The van der Waals surface area contributed by atoms with Crippen molar-refractivity contribution in [3.05, 3.63) is 77.4 Å². The van der Waals surface area contributed by atoms with Crippen LogP contribution < -0.4 is 15.4 Å². The molecule has 0 fully saturated rings. The molecule has 1 aromatic heterocycles. The minimum absolute atomic E-state index is 0.144. The van der Waals surface area contributed by atoms with Crippen LogP contribution in [-0.2, 0) is 4.79 Å². The first kappa shape index (κ1) is 22.7. The molecule has 0 aliphatic carbocycles. The van der Waals surface area contributed by atoms with E-state index < -0.39 is 0 Å². The molecule has 1 atom stereocenters. The summed E-state index contributed by atoms with van der Waals surface area (Å²) >= 11 is 7.26. The molecular formula is C23H22ClN3O3S. The van der Waals surface area contributed by atoms with Crippen molar-refractivity contribution < 1.29 is 14.3 Å². The van der Waals surface area contributed by atoms with E-state index in [1.54, 1.807) is 43.5 Å². The van der Waals surface area contributed by atoms with Gasteiger partial charge in [-0.1, -0.05) is 24.6 Å². The smallest absolute Gasteiger partial charge is 0.255 e. The number of pyridine rings is 1. The van der Waals surface area contributed by atoms with Crippen LogP contribution in [0.2, 0.25) is 5.02 Å². The molecule has 2 amide bonds. The lowest BCUT2D eigenvalue weighted by atomic mass is 10.2. The number of anilines is 2. The van der Waals surface area contributed by atoms with Gasteiger partial charge in [0.2, 0.25) is 5.91 Å². The summed E-state index contributed by atoms with van der Waals surface area (Å²) in [6.45, 7) is 1.95. The van der Waals surface area contributed by atoms with Gasteiger partial charge >= 0.3 is 0 Å². The lowest BCUT2D eigenvalue weighted by Gasteiger charge is -2.15. The molecule has 0 aliphatic rings. The summed E-state index contributed by atoms with van der Waals surface area (Å²) in [5.74, 6) is 0.778. The summed E-state index contributed by atoms with van der Waals surface area (Å²) < 4.78 is 5.12. The van der Waals surface area contributed by atoms with Crippen molar-refractivity contribution in [1.82, 2.24) is 4.98 Å². The van der Waals surface area contributed by atoms with E-state index in [4.69, 9.17) is 16.3 Å². The van der Waals surface area contributed by atoms with Gasteiger partial charge in [0.15, 0.2) is 0 Å². The number of methoxy groups -OCH3 is 1. The SMILES string of the molecule is CCC(Sc1cccc(NC(=O)c2ccc(OC)cc2)c1)C(=O)Nc1ccc(Cl)cn1. The summed E-state index contributed by atoms with van der Waals surface area (Å²) in [4.78, 5) is 30.1. The van der Waals surface area contributed by atoms with E-state index in [0.717, 1.165) is 4.90 Å². The Bertz CT molecular complexity index is 1040. The fourth-order valence-corrected chi connectivity index (χ4v) is 3.86. The van der Waals surface area contributed by atoms with Gasteiger partial charge in [-0.05, 0) is 61.0 Å². The van der Waals surface area contributed by atoms with Crippen LogP contribution in [0, 0.1) is 0 Å². The molecule has 6 nitrogen and oxygen atoms in total. The van der Waals surface area contributed by atoms with Crippen LogP contribution in [0.25, 0.3) is 0 Å². The van der Waals surface area contributed by atoms with E-state index in [1.165, 1.54) is 18.0 Å². The molecule has 0 spiro atoms. The number of nitrogens with one attached hydrogen (secondary N) is 2. The highest BCUT2D eigenvalue weighted by atomic mass is 35.5. The lowest BCUT2D eigenvalue weighted by Crippen LogP contribution is -2.25. The number of ether oxygens (including phenoxy) is 1. The maximum absolute atomic E-state index is 12.6. The second kappa shape index (κ2) is 10.8. The fourth-order valence-electron chi connectivity index (χ4n) is 2.74. The summed E-state index contributed by atoms with van der Waals surface area (Å²) in [6.07, 6.45) is 2.12. The van der Waals surface area contributed by atoms with Gasteiger partial charge in [0.05, 0.1) is 17.4 Å². The monoisotopic (exact) mass is 455 g/mol. The number of hydrogen-bond acceptors (Lipinski definition) is 5. The van der Waals surface area contributed by atoms with Crippen LogP contribution in [0.15, 0.2) is 71.8 Å². The van der Waals surface area contributed by atoms with Gasteiger partial charge in [-0.25, -0.2) is 4.98 Å². The van der Waals surface area contributed by atoms with Gasteiger partial charge in [0, 0.05) is 22.3 Å². The summed E-state index contributed by atoms with van der Waals surface area (Å²) in [5.41, 5.74) is 1.18. The van der Waals surface area contributed by atoms with Crippen molar-refractivity contribution in [2.45, 2.75) is 23.5 Å². The quantitative estimate of drug-likeness (QED) is 0.438. The standard InChI is InChI=1S/C23H22ClN3O3S/c1-3-20(23(29)27-21-12-9-16(24)14-25-21)31-19-6-4-5-17(13-19)26-22(28)15-7-10-18(30-2)11-8-15/h4-14,20H,3H2,1-2H3,(H,26,28)(H,25,27,29). The minimum atomic E-state index is -0.315. The van der Waals surface area contributed by atoms with Crippen molar-refractivity contribution >= 4 is 46.7 Å². The number of aromatic nitrogens is 1. The molecular weight excluding hydrogens is 434 g/mol. The fraction of sp³-hybridized carbons (Fsp3) is 0.174. The van der Waals surface area contributed by atoms with Crippen molar-refractivity contribution in [2.75, 3.05) is 17.7 Å². The molecule has 0 bridgehead atoms. The Morgan fingerprint density at radius 1 is 1.10 bits per heavy atom. The zero-order chi connectivity index (χ0) is 22.2. The maximum Gasteiger partial charge on any atom is 0.255 e. The zero-order valence-corrected chi connectivity index (χ0v) is 18.7. The molecule has 3 aromatic rings. The van der Waals surface area contributed by atoms with Gasteiger partial charge in [-0.15, -0.1) is 11.8 Å². The molecule has 1 unspecified atom stereocenters. The topological polar surface area (TPSA) is 80.3 Å². The summed E-state index contributed by atoms with van der Waals surface area (Å²) in [7, 11) is 1.58. The number of carbonyl (C=O) groups excluding carboxylic acids is 2. The third-order valence-corrected chi connectivity index (χ3v) is 5.95. The first-order valence-electron chi connectivity index (χ1n) is 9.63. The number of halogens is 1. The third kappa shape index (κ3) is 6.47. The Balaban J connectivity index is 1.64. The average Bonchev–Trinajstić information content (AvgIpc) is 2.79. The molecule has 0 saturated carbocycles. The van der Waals surface area contributed by atoms with Gasteiger partial charge in [-0.2, -0.15) is 0 Å². The highest BCUT2D eigenvalue weighted by molar-refractivity contribution is 8.00. The molecule has 8 heteroatoms. The molecule has 31 heavy (non-hydrogen) atoms. The Hall–Kier alpha value is -3.03. The highest BCUT2D eigenvalue weighted by Gasteiger charge is 2.19. The van der Waals surface area contributed by atoms with E-state index in [0.29, 0.717) is 34.3 Å². The van der Waals surface area contributed by atoms with Gasteiger partial charge < -0.3 is 15.4 Å². The normalized spacial score (nSPS) is 11.5. The number of benzene rings is 2. The van der Waals surface area contributed by atoms with Gasteiger partial charge in [0.25, 0.3) is 5.91 Å². The number of rotatable bonds is 8. The number of nitrogens with zero attached hydrogens (tertiary/aromatic N) is 1. The van der Waals surface area contributed by atoms with E-state index in [2.05, 4.69) is 15.6 Å². The first-order chi connectivity index (χ1) is 15.0. The molecule has 0 aliphatic heterocycles. The minimum Gasteiger partial charge on any atom is -0.497 e. The molecule has 2 aromatic carbocycles. The first-order valence-corrected chi connectivity index (χ1v) is 10.9. The van der Waals surface area contributed by atoms with Gasteiger partial charge in [-0.3, -0.25) is 9.59 Å². The van der Waals surface area contributed by atoms with Crippen LogP contribution in [0.3, 0.4) is 0 Å². The highest BCUT2D eigenvalue weighted by Crippen LogP contribution is 2.28. The van der Waals surface area contributed by atoms with E-state index in [-0.39, 0.29) is 17.1 Å². The largest absolute Gasteiger partial charge is 0.497 e. The molecule has 3 rings (SSSR count). The predicted octanol–water partition coefficient (Wildman–Crippen LogP) is 5.51. The number of thioether (sulfide) groups is 1. The van der Waals surface area contributed by atoms with Crippen LogP contribution in [-0.4, -0.2) is 29.2 Å². The zero-order valence-electron chi connectivity index (χ0n) is 17.1. The summed E-state index contributed by atoms with van der Waals surface area (Å²) in [5, 5.41) is 5.89. The lowest BCUT2D eigenvalue weighted by molar-refractivity contribution is -0.115. The summed E-state index contributed by atoms with van der Waals surface area (Å²) in [6, 6.07) is 17.6. The second-order valence-electron chi connectivity index (χ2n) is 6.58. The van der Waals surface area contributed by atoms with Crippen LogP contribution in [0.5, 0.6) is 5.75 Å². The van der Waals surface area contributed by atoms with Gasteiger partial charge in [0.1, 0.15) is 11.6 Å². The molecule has 0 saturated heterocycles. The van der Waals surface area contributed by atoms with Crippen LogP contribution in [0.4, 0.5) is 11.5 Å². The Morgan fingerprint density at radius 2 is 1.87 bits per heavy atom. The van der Waals surface area contributed by atoms with E-state index in [1.807, 2.05) is 31.2 Å². The van der Waals surface area contributed by atoms with Crippen molar-refractivity contribution in [3.8, 4) is 5.75 Å². The van der Waals surface area contributed by atoms with Crippen molar-refractivity contribution in [2.24, 2.45) is 0 Å². The van der Waals surface area contributed by atoms with Crippen molar-refractivity contribution in [3.63, 3.8) is 0 Å². The predicted molar refractivity (Wildman–Crippen MR) is 125 cm³/mol. The number of carbonyl (C=O) groups is 2. The van der Waals surface area contributed by atoms with Crippen LogP contribution >= 0.6 is 23.4 Å². The Kier molecular flexibility index (Phi) is 7.92. The Labute approximate surface area is 190 Å². The number of hydrogen-bond donors (Lipinski definition) is 2. The Morgan fingerprint density at radius 3 is 2.52 bits per heavy atom. The average molecular weight is 456 g/mol. The van der Waals surface area contributed by atoms with E-state index >= 15 is 0 Å². The van der Waals surface area contributed by atoms with E-state index in [9.17, 15) is 9.59 Å².